The standard InChI is InChI=1S/C14H24F3N3O/c1-2-19-13(12(18)21)7-3-4-11(8-13)20(10-5-6-10)9-14(15,16)17/h10-11,19H,2-9H2,1H3,(H2,18,21). The van der Waals surface area contributed by atoms with Crippen molar-refractivity contribution in [2.45, 2.75) is 69.2 Å². The predicted molar refractivity (Wildman–Crippen MR) is 73.6 cm³/mol. The van der Waals surface area contributed by atoms with E-state index in [1.807, 2.05) is 6.92 Å². The van der Waals surface area contributed by atoms with Gasteiger partial charge in [0.15, 0.2) is 0 Å². The molecule has 2 saturated carbocycles. The van der Waals surface area contributed by atoms with Crippen molar-refractivity contribution in [1.82, 2.24) is 10.2 Å². The van der Waals surface area contributed by atoms with Crippen molar-refractivity contribution in [2.24, 2.45) is 5.73 Å². The van der Waals surface area contributed by atoms with E-state index in [1.165, 1.54) is 0 Å². The van der Waals surface area contributed by atoms with E-state index in [2.05, 4.69) is 5.32 Å². The number of nitrogens with two attached hydrogens (primary N) is 1. The van der Waals surface area contributed by atoms with Crippen LogP contribution in [0.4, 0.5) is 13.2 Å². The van der Waals surface area contributed by atoms with Crippen LogP contribution in [-0.2, 0) is 4.79 Å². The Morgan fingerprint density at radius 2 is 2.00 bits per heavy atom. The van der Waals surface area contributed by atoms with Gasteiger partial charge in [-0.15, -0.1) is 0 Å². The van der Waals surface area contributed by atoms with Crippen molar-refractivity contribution in [2.75, 3.05) is 13.1 Å². The summed E-state index contributed by atoms with van der Waals surface area (Å²) in [7, 11) is 0. The number of primary amides is 1. The molecule has 0 spiro atoms. The molecule has 7 heteroatoms. The zero-order valence-electron chi connectivity index (χ0n) is 12.4. The summed E-state index contributed by atoms with van der Waals surface area (Å²) < 4.78 is 38.4. The second kappa shape index (κ2) is 6.12. The van der Waals surface area contributed by atoms with Crippen LogP contribution in [0.5, 0.6) is 0 Å². The summed E-state index contributed by atoms with van der Waals surface area (Å²) >= 11 is 0. The van der Waals surface area contributed by atoms with Gasteiger partial charge in [-0.2, -0.15) is 13.2 Å². The molecule has 2 aliphatic rings. The van der Waals surface area contributed by atoms with E-state index in [1.54, 1.807) is 4.90 Å². The number of carbonyl (C=O) groups excluding carboxylic acids is 1. The van der Waals surface area contributed by atoms with E-state index in [9.17, 15) is 18.0 Å². The molecule has 122 valence electrons. The number of hydrogen-bond donors (Lipinski definition) is 2. The van der Waals surface area contributed by atoms with Gasteiger partial charge in [0.1, 0.15) is 0 Å². The van der Waals surface area contributed by atoms with E-state index in [-0.39, 0.29) is 12.1 Å². The molecule has 2 unspecified atom stereocenters. The molecule has 4 nitrogen and oxygen atoms in total. The molecular weight excluding hydrogens is 283 g/mol. The van der Waals surface area contributed by atoms with Crippen molar-refractivity contribution < 1.29 is 18.0 Å². The Morgan fingerprint density at radius 1 is 1.33 bits per heavy atom. The first kappa shape index (κ1) is 16.5. The van der Waals surface area contributed by atoms with Crippen LogP contribution in [-0.4, -0.2) is 47.7 Å². The van der Waals surface area contributed by atoms with Gasteiger partial charge in [-0.3, -0.25) is 9.69 Å². The van der Waals surface area contributed by atoms with Crippen LogP contribution in [0.25, 0.3) is 0 Å². The number of hydrogen-bond acceptors (Lipinski definition) is 3. The van der Waals surface area contributed by atoms with Gasteiger partial charge >= 0.3 is 6.18 Å². The van der Waals surface area contributed by atoms with Gasteiger partial charge in [-0.25, -0.2) is 0 Å². The Kier molecular flexibility index (Phi) is 4.82. The second-order valence-electron chi connectivity index (χ2n) is 6.25. The topological polar surface area (TPSA) is 58.4 Å². The first-order chi connectivity index (χ1) is 9.77. The molecule has 21 heavy (non-hydrogen) atoms. The largest absolute Gasteiger partial charge is 0.401 e. The van der Waals surface area contributed by atoms with Gasteiger partial charge in [0.05, 0.1) is 12.1 Å². The highest BCUT2D eigenvalue weighted by Crippen LogP contribution is 2.38. The maximum Gasteiger partial charge on any atom is 0.401 e. The molecule has 0 saturated heterocycles. The molecule has 2 fully saturated rings. The second-order valence-corrected chi connectivity index (χ2v) is 6.25. The smallest absolute Gasteiger partial charge is 0.368 e. The Labute approximate surface area is 123 Å². The lowest BCUT2D eigenvalue weighted by Gasteiger charge is -2.43. The minimum Gasteiger partial charge on any atom is -0.368 e. The Hall–Kier alpha value is -0.820. The van der Waals surface area contributed by atoms with Gasteiger partial charge in [0, 0.05) is 12.1 Å². The minimum atomic E-state index is -4.20. The molecule has 0 aromatic heterocycles. The average Bonchev–Trinajstić information content (AvgIpc) is 3.19. The SMILES string of the molecule is CCNC1(C(N)=O)CCCC(N(CC(F)(F)F)C2CC2)C1. The Morgan fingerprint density at radius 3 is 2.48 bits per heavy atom. The number of nitrogens with one attached hydrogen (secondary N) is 1. The van der Waals surface area contributed by atoms with Gasteiger partial charge in [-0.1, -0.05) is 6.92 Å². The molecule has 2 aliphatic carbocycles. The molecule has 0 aliphatic heterocycles. The average molecular weight is 307 g/mol. The molecule has 1 amide bonds. The van der Waals surface area contributed by atoms with Crippen LogP contribution in [0, 0.1) is 0 Å². The number of halogens is 3. The number of carbonyl (C=O) groups is 1. The number of rotatable bonds is 6. The highest BCUT2D eigenvalue weighted by atomic mass is 19.4. The third kappa shape index (κ3) is 4.10. The molecule has 0 heterocycles. The molecule has 2 rings (SSSR count). The van der Waals surface area contributed by atoms with Crippen LogP contribution < -0.4 is 11.1 Å². The van der Waals surface area contributed by atoms with Crippen LogP contribution in [0.3, 0.4) is 0 Å². The minimum absolute atomic E-state index is 0.0157. The van der Waals surface area contributed by atoms with Crippen LogP contribution in [0.2, 0.25) is 0 Å². The summed E-state index contributed by atoms with van der Waals surface area (Å²) in [6, 6.07) is -0.207. The lowest BCUT2D eigenvalue weighted by Crippen LogP contribution is -2.61. The predicted octanol–water partition coefficient (Wildman–Crippen LogP) is 1.79. The van der Waals surface area contributed by atoms with E-state index in [4.69, 9.17) is 5.73 Å². The van der Waals surface area contributed by atoms with Crippen LogP contribution >= 0.6 is 0 Å². The van der Waals surface area contributed by atoms with Gasteiger partial charge < -0.3 is 11.1 Å². The molecule has 0 bridgehead atoms. The quantitative estimate of drug-likeness (QED) is 0.786. The zero-order valence-corrected chi connectivity index (χ0v) is 12.4. The van der Waals surface area contributed by atoms with Crippen molar-refractivity contribution >= 4 is 5.91 Å². The lowest BCUT2D eigenvalue weighted by molar-refractivity contribution is -0.155. The summed E-state index contributed by atoms with van der Waals surface area (Å²) in [5.74, 6) is -0.447. The summed E-state index contributed by atoms with van der Waals surface area (Å²) in [5, 5.41) is 3.12. The molecule has 0 aromatic rings. The summed E-state index contributed by atoms with van der Waals surface area (Å²) in [5.41, 5.74) is 4.68. The molecule has 2 atom stereocenters. The number of alkyl halides is 3. The lowest BCUT2D eigenvalue weighted by atomic mass is 9.77. The third-order valence-corrected chi connectivity index (χ3v) is 4.56. The molecule has 3 N–H and O–H groups in total. The van der Waals surface area contributed by atoms with E-state index in [0.717, 1.165) is 19.3 Å². The van der Waals surface area contributed by atoms with Crippen molar-refractivity contribution in [3.63, 3.8) is 0 Å². The van der Waals surface area contributed by atoms with Gasteiger partial charge in [-0.05, 0) is 45.1 Å². The molecule has 0 radical (unpaired) electrons. The fourth-order valence-electron chi connectivity index (χ4n) is 3.51. The Balaban J connectivity index is 2.12. The van der Waals surface area contributed by atoms with Crippen molar-refractivity contribution in [3.8, 4) is 0 Å². The maximum absolute atomic E-state index is 12.8. The maximum atomic E-state index is 12.8. The van der Waals surface area contributed by atoms with Crippen LogP contribution in [0.15, 0.2) is 0 Å². The van der Waals surface area contributed by atoms with Crippen LogP contribution in [0.1, 0.15) is 45.4 Å². The van der Waals surface area contributed by atoms with Crippen molar-refractivity contribution in [3.05, 3.63) is 0 Å². The summed E-state index contributed by atoms with van der Waals surface area (Å²) in [6.07, 6.45) is -0.156. The molecule has 0 aromatic carbocycles. The van der Waals surface area contributed by atoms with E-state index >= 15 is 0 Å². The zero-order chi connectivity index (χ0) is 15.7. The number of nitrogens with zero attached hydrogens (tertiary/aromatic N) is 1. The third-order valence-electron chi connectivity index (χ3n) is 4.56. The fourth-order valence-corrected chi connectivity index (χ4v) is 3.51. The number of amides is 1. The van der Waals surface area contributed by atoms with Gasteiger partial charge in [0.2, 0.25) is 5.91 Å². The highest BCUT2D eigenvalue weighted by molar-refractivity contribution is 5.84. The monoisotopic (exact) mass is 307 g/mol. The summed E-state index contributed by atoms with van der Waals surface area (Å²) in [4.78, 5) is 13.4. The van der Waals surface area contributed by atoms with Crippen molar-refractivity contribution in [1.29, 1.82) is 0 Å². The van der Waals surface area contributed by atoms with Gasteiger partial charge in [0.25, 0.3) is 0 Å². The molecular formula is C14H24F3N3O. The first-order valence-electron chi connectivity index (χ1n) is 7.65. The normalized spacial score (nSPS) is 30.6. The first-order valence-corrected chi connectivity index (χ1v) is 7.65. The van der Waals surface area contributed by atoms with E-state index in [0.29, 0.717) is 25.8 Å². The van der Waals surface area contributed by atoms with E-state index < -0.39 is 24.2 Å². The number of likely N-dealkylation sites (N-methyl/N-ethyl adjacent to an activating group) is 1. The highest BCUT2D eigenvalue weighted by Gasteiger charge is 2.47. The fraction of sp³-hybridized carbons (Fsp3) is 0.929. The summed E-state index contributed by atoms with van der Waals surface area (Å²) in [6.45, 7) is 1.57. The Bertz CT molecular complexity index is 380.